The third-order valence-corrected chi connectivity index (χ3v) is 1.97. The number of rotatable bonds is 8. The molecule has 1 N–H and O–H groups in total. The van der Waals surface area contributed by atoms with Gasteiger partial charge in [-0.15, -0.1) is 0 Å². The molecule has 0 radical (unpaired) electrons. The molecule has 13 heavy (non-hydrogen) atoms. The lowest BCUT2D eigenvalue weighted by atomic mass is 10.1. The highest BCUT2D eigenvalue weighted by molar-refractivity contribution is 5.01. The fraction of sp³-hybridized carbons (Fsp3) is 0.727. The summed E-state index contributed by atoms with van der Waals surface area (Å²) in [6, 6.07) is 1.98. The zero-order chi connectivity index (χ0) is 9.78. The Morgan fingerprint density at radius 2 is 1.62 bits per heavy atom. The summed E-state index contributed by atoms with van der Waals surface area (Å²) in [7, 11) is 0. The van der Waals surface area contributed by atoms with Gasteiger partial charge in [-0.05, 0) is 19.3 Å². The summed E-state index contributed by atoms with van der Waals surface area (Å²) in [6.45, 7) is 0.324. The van der Waals surface area contributed by atoms with E-state index >= 15 is 0 Å². The maximum atomic E-state index is 8.53. The van der Waals surface area contributed by atoms with Crippen LogP contribution < -0.4 is 0 Å². The summed E-state index contributed by atoms with van der Waals surface area (Å²) < 4.78 is 0. The van der Waals surface area contributed by atoms with Crippen LogP contribution in [0, 0.1) is 11.3 Å². The van der Waals surface area contributed by atoms with Crippen LogP contribution in [0.5, 0.6) is 0 Å². The van der Waals surface area contributed by atoms with E-state index in [0.29, 0.717) is 6.61 Å². The van der Waals surface area contributed by atoms with Crippen molar-refractivity contribution in [3.05, 3.63) is 12.2 Å². The maximum absolute atomic E-state index is 8.53. The van der Waals surface area contributed by atoms with E-state index in [2.05, 4.69) is 0 Å². The van der Waals surface area contributed by atoms with Crippen molar-refractivity contribution < 1.29 is 5.11 Å². The van der Waals surface area contributed by atoms with Crippen LogP contribution in [0.15, 0.2) is 12.2 Å². The molecule has 0 heterocycles. The first-order chi connectivity index (χ1) is 6.41. The molecule has 0 spiro atoms. The molecule has 0 aromatic carbocycles. The molecule has 74 valence electrons. The second-order valence-corrected chi connectivity index (χ2v) is 3.17. The Morgan fingerprint density at radius 3 is 2.23 bits per heavy atom. The summed E-state index contributed by atoms with van der Waals surface area (Å²) in [5.41, 5.74) is 0. The van der Waals surface area contributed by atoms with E-state index in [0.717, 1.165) is 19.3 Å². The lowest BCUT2D eigenvalue weighted by molar-refractivity contribution is 0.282. The fourth-order valence-electron chi connectivity index (χ4n) is 1.22. The van der Waals surface area contributed by atoms with Gasteiger partial charge in [-0.3, -0.25) is 0 Å². The Bertz CT molecular complexity index is 158. The van der Waals surface area contributed by atoms with Gasteiger partial charge in [-0.2, -0.15) is 5.26 Å². The van der Waals surface area contributed by atoms with Crippen LogP contribution >= 0.6 is 0 Å². The SMILES string of the molecule is N#C/C=C\CCCCCCCCO. The number of nitrogens with zero attached hydrogens (tertiary/aromatic N) is 1. The minimum Gasteiger partial charge on any atom is -0.396 e. The van der Waals surface area contributed by atoms with Crippen molar-refractivity contribution in [3.8, 4) is 6.07 Å². The molecule has 0 aromatic rings. The van der Waals surface area contributed by atoms with Crippen molar-refractivity contribution in [1.29, 1.82) is 5.26 Å². The molecule has 0 bridgehead atoms. The fourth-order valence-corrected chi connectivity index (χ4v) is 1.22. The van der Waals surface area contributed by atoms with E-state index in [4.69, 9.17) is 10.4 Å². The minimum atomic E-state index is 0.324. The summed E-state index contributed by atoms with van der Waals surface area (Å²) in [5.74, 6) is 0. The molecule has 0 saturated carbocycles. The van der Waals surface area contributed by atoms with Crippen LogP contribution in [-0.4, -0.2) is 11.7 Å². The summed E-state index contributed by atoms with van der Waals surface area (Å²) in [5, 5.41) is 16.7. The van der Waals surface area contributed by atoms with Gasteiger partial charge in [-0.1, -0.05) is 31.8 Å². The van der Waals surface area contributed by atoms with Gasteiger partial charge in [0.15, 0.2) is 0 Å². The topological polar surface area (TPSA) is 44.0 Å². The largest absolute Gasteiger partial charge is 0.396 e. The van der Waals surface area contributed by atoms with Gasteiger partial charge in [0.25, 0.3) is 0 Å². The Hall–Kier alpha value is -0.810. The first kappa shape index (κ1) is 12.2. The minimum absolute atomic E-state index is 0.324. The van der Waals surface area contributed by atoms with Gasteiger partial charge in [0.1, 0.15) is 0 Å². The average Bonchev–Trinajstić information content (AvgIpc) is 2.16. The molecular weight excluding hydrogens is 162 g/mol. The smallest absolute Gasteiger partial charge is 0.0908 e. The number of unbranched alkanes of at least 4 members (excludes halogenated alkanes) is 6. The molecule has 0 aliphatic carbocycles. The van der Waals surface area contributed by atoms with Crippen molar-refractivity contribution in [2.24, 2.45) is 0 Å². The van der Waals surface area contributed by atoms with E-state index in [1.165, 1.54) is 25.7 Å². The zero-order valence-corrected chi connectivity index (χ0v) is 8.21. The van der Waals surface area contributed by atoms with E-state index in [-0.39, 0.29) is 0 Å². The van der Waals surface area contributed by atoms with Crippen molar-refractivity contribution >= 4 is 0 Å². The van der Waals surface area contributed by atoms with E-state index in [1.807, 2.05) is 12.1 Å². The normalized spacial score (nSPS) is 10.5. The monoisotopic (exact) mass is 181 g/mol. The molecule has 2 nitrogen and oxygen atoms in total. The van der Waals surface area contributed by atoms with Crippen LogP contribution in [0.2, 0.25) is 0 Å². The van der Waals surface area contributed by atoms with Crippen molar-refractivity contribution in [3.63, 3.8) is 0 Å². The van der Waals surface area contributed by atoms with Crippen LogP contribution in [0.3, 0.4) is 0 Å². The molecule has 0 atom stereocenters. The first-order valence-corrected chi connectivity index (χ1v) is 5.07. The number of hydrogen-bond acceptors (Lipinski definition) is 2. The summed E-state index contributed by atoms with van der Waals surface area (Å²) in [6.07, 6.45) is 11.5. The number of aliphatic hydroxyl groups excluding tert-OH is 1. The molecule has 0 fully saturated rings. The first-order valence-electron chi connectivity index (χ1n) is 5.07. The maximum Gasteiger partial charge on any atom is 0.0908 e. The van der Waals surface area contributed by atoms with Crippen LogP contribution in [-0.2, 0) is 0 Å². The van der Waals surface area contributed by atoms with Crippen LogP contribution in [0.1, 0.15) is 44.9 Å². The van der Waals surface area contributed by atoms with Crippen molar-refractivity contribution in [1.82, 2.24) is 0 Å². The molecule has 0 aromatic heterocycles. The molecule has 0 saturated heterocycles. The van der Waals surface area contributed by atoms with Gasteiger partial charge in [0.05, 0.1) is 6.07 Å². The van der Waals surface area contributed by atoms with Gasteiger partial charge in [0.2, 0.25) is 0 Å². The van der Waals surface area contributed by atoms with E-state index < -0.39 is 0 Å². The van der Waals surface area contributed by atoms with E-state index in [9.17, 15) is 0 Å². The second kappa shape index (κ2) is 11.2. The Labute approximate surface area is 80.9 Å². The van der Waals surface area contributed by atoms with Crippen molar-refractivity contribution in [2.75, 3.05) is 6.61 Å². The van der Waals surface area contributed by atoms with Gasteiger partial charge in [-0.25, -0.2) is 0 Å². The average molecular weight is 181 g/mol. The summed E-state index contributed by atoms with van der Waals surface area (Å²) in [4.78, 5) is 0. The highest BCUT2D eigenvalue weighted by Crippen LogP contribution is 2.06. The molecular formula is C11H19NO. The summed E-state index contributed by atoms with van der Waals surface area (Å²) >= 11 is 0. The Balaban J connectivity index is 2.92. The molecule has 0 amide bonds. The second-order valence-electron chi connectivity index (χ2n) is 3.17. The predicted molar refractivity (Wildman–Crippen MR) is 54.2 cm³/mol. The van der Waals surface area contributed by atoms with Crippen molar-refractivity contribution in [2.45, 2.75) is 44.9 Å². The van der Waals surface area contributed by atoms with Gasteiger partial charge in [0, 0.05) is 12.7 Å². The third-order valence-electron chi connectivity index (χ3n) is 1.97. The molecule has 0 rings (SSSR count). The lowest BCUT2D eigenvalue weighted by Gasteiger charge is -1.98. The van der Waals surface area contributed by atoms with Gasteiger partial charge < -0.3 is 5.11 Å². The lowest BCUT2D eigenvalue weighted by Crippen LogP contribution is -1.83. The zero-order valence-electron chi connectivity index (χ0n) is 8.21. The van der Waals surface area contributed by atoms with E-state index in [1.54, 1.807) is 6.08 Å². The number of hydrogen-bond donors (Lipinski definition) is 1. The number of aliphatic hydroxyl groups is 1. The quantitative estimate of drug-likeness (QED) is 0.462. The molecule has 0 aliphatic rings. The Morgan fingerprint density at radius 1 is 1.00 bits per heavy atom. The molecule has 0 aliphatic heterocycles. The molecule has 0 unspecified atom stereocenters. The van der Waals surface area contributed by atoms with Crippen LogP contribution in [0.4, 0.5) is 0 Å². The van der Waals surface area contributed by atoms with Crippen LogP contribution in [0.25, 0.3) is 0 Å². The highest BCUT2D eigenvalue weighted by atomic mass is 16.2. The Kier molecular flexibility index (Phi) is 10.5. The number of nitriles is 1. The van der Waals surface area contributed by atoms with Gasteiger partial charge >= 0.3 is 0 Å². The predicted octanol–water partition coefficient (Wildman–Crippen LogP) is 2.79. The molecule has 2 heteroatoms. The highest BCUT2D eigenvalue weighted by Gasteiger charge is 1.89. The third kappa shape index (κ3) is 11.2. The number of allylic oxidation sites excluding steroid dienone is 2. The standard InChI is InChI=1S/C11H19NO/c12-10-8-6-4-2-1-3-5-7-9-11-13/h6,8,13H,1-5,7,9,11H2/b8-6-.